The number of halogens is 1. The van der Waals surface area contributed by atoms with Crippen LogP contribution in [0.5, 0.6) is 5.75 Å². The van der Waals surface area contributed by atoms with E-state index in [0.717, 1.165) is 5.56 Å². The molecule has 1 unspecified atom stereocenters. The van der Waals surface area contributed by atoms with Gasteiger partial charge in [0.25, 0.3) is 0 Å². The quantitative estimate of drug-likeness (QED) is 0.882. The van der Waals surface area contributed by atoms with Crippen molar-refractivity contribution < 1.29 is 19.3 Å². The highest BCUT2D eigenvalue weighted by Crippen LogP contribution is 2.23. The molecule has 0 heterocycles. The summed E-state index contributed by atoms with van der Waals surface area (Å²) in [5, 5.41) is 19.4. The summed E-state index contributed by atoms with van der Waals surface area (Å²) in [7, 11) is 0. The number of hydrogen-bond donors (Lipinski definition) is 2. The number of hydrogen-bond acceptors (Lipinski definition) is 3. The number of rotatable bonds is 5. The molecule has 4 heteroatoms. The average molecular weight is 276 g/mol. The van der Waals surface area contributed by atoms with Crippen molar-refractivity contribution in [2.75, 3.05) is 6.61 Å². The minimum absolute atomic E-state index is 0.00860. The zero-order valence-corrected chi connectivity index (χ0v) is 11.2. The Bertz CT molecular complexity index is 567. The summed E-state index contributed by atoms with van der Waals surface area (Å²) in [6.45, 7) is 1.36. The van der Waals surface area contributed by atoms with Gasteiger partial charge in [-0.15, -0.1) is 0 Å². The minimum Gasteiger partial charge on any atom is -0.490 e. The van der Waals surface area contributed by atoms with Crippen LogP contribution in [0.4, 0.5) is 4.39 Å². The lowest BCUT2D eigenvalue weighted by Gasteiger charge is -2.24. The molecule has 0 aliphatic carbocycles. The first-order valence-electron chi connectivity index (χ1n) is 6.32. The van der Waals surface area contributed by atoms with Gasteiger partial charge in [0.1, 0.15) is 23.8 Å². The van der Waals surface area contributed by atoms with Crippen LogP contribution < -0.4 is 4.74 Å². The molecule has 0 aromatic heterocycles. The standard InChI is InChI=1S/C16H17FO3/c1-16(19,13-5-3-2-4-6-13)11-20-15-8-12(10-18)7-14(17)9-15/h2-9,18-19H,10-11H2,1H3. The first kappa shape index (κ1) is 14.5. The lowest BCUT2D eigenvalue weighted by atomic mass is 9.97. The van der Waals surface area contributed by atoms with Gasteiger partial charge in [-0.3, -0.25) is 0 Å². The number of aliphatic hydroxyl groups is 2. The third-order valence-corrected chi connectivity index (χ3v) is 3.03. The van der Waals surface area contributed by atoms with Gasteiger partial charge in [0, 0.05) is 6.07 Å². The van der Waals surface area contributed by atoms with Gasteiger partial charge in [-0.05, 0) is 30.2 Å². The molecule has 3 nitrogen and oxygen atoms in total. The van der Waals surface area contributed by atoms with E-state index in [1.165, 1.54) is 12.1 Å². The van der Waals surface area contributed by atoms with Gasteiger partial charge >= 0.3 is 0 Å². The van der Waals surface area contributed by atoms with Crippen LogP contribution in [0, 0.1) is 5.82 Å². The van der Waals surface area contributed by atoms with E-state index in [-0.39, 0.29) is 19.0 Å². The van der Waals surface area contributed by atoms with Crippen molar-refractivity contribution in [3.8, 4) is 5.75 Å². The summed E-state index contributed by atoms with van der Waals surface area (Å²) in [6, 6.07) is 13.1. The Morgan fingerprint density at radius 2 is 1.85 bits per heavy atom. The second kappa shape index (κ2) is 6.03. The third-order valence-electron chi connectivity index (χ3n) is 3.03. The monoisotopic (exact) mass is 276 g/mol. The highest BCUT2D eigenvalue weighted by Gasteiger charge is 2.23. The van der Waals surface area contributed by atoms with E-state index in [0.29, 0.717) is 5.56 Å². The van der Waals surface area contributed by atoms with Gasteiger partial charge in [0.05, 0.1) is 6.61 Å². The van der Waals surface area contributed by atoms with Crippen LogP contribution in [0.25, 0.3) is 0 Å². The van der Waals surface area contributed by atoms with Crippen molar-refractivity contribution in [3.63, 3.8) is 0 Å². The third kappa shape index (κ3) is 3.56. The summed E-state index contributed by atoms with van der Waals surface area (Å²) in [5.41, 5.74) is -0.0226. The van der Waals surface area contributed by atoms with Gasteiger partial charge in [-0.25, -0.2) is 4.39 Å². The average Bonchev–Trinajstić information content (AvgIpc) is 2.45. The highest BCUT2D eigenvalue weighted by molar-refractivity contribution is 5.30. The fourth-order valence-corrected chi connectivity index (χ4v) is 1.90. The van der Waals surface area contributed by atoms with Gasteiger partial charge in [0.15, 0.2) is 0 Å². The van der Waals surface area contributed by atoms with E-state index in [9.17, 15) is 9.50 Å². The van der Waals surface area contributed by atoms with Gasteiger partial charge in [-0.1, -0.05) is 30.3 Å². The molecule has 2 rings (SSSR count). The Morgan fingerprint density at radius 3 is 2.50 bits per heavy atom. The Hall–Kier alpha value is -1.91. The van der Waals surface area contributed by atoms with Crippen LogP contribution in [-0.4, -0.2) is 16.8 Å². The van der Waals surface area contributed by atoms with E-state index < -0.39 is 11.4 Å². The highest BCUT2D eigenvalue weighted by atomic mass is 19.1. The SMILES string of the molecule is CC(O)(COc1cc(F)cc(CO)c1)c1ccccc1. The molecule has 20 heavy (non-hydrogen) atoms. The lowest BCUT2D eigenvalue weighted by Crippen LogP contribution is -2.29. The van der Waals surface area contributed by atoms with Crippen molar-refractivity contribution in [2.24, 2.45) is 0 Å². The molecule has 1 atom stereocenters. The van der Waals surface area contributed by atoms with Crippen molar-refractivity contribution in [1.82, 2.24) is 0 Å². The van der Waals surface area contributed by atoms with Crippen molar-refractivity contribution in [1.29, 1.82) is 0 Å². The molecule has 0 radical (unpaired) electrons. The molecule has 0 fully saturated rings. The summed E-state index contributed by atoms with van der Waals surface area (Å²) in [6.07, 6.45) is 0. The number of benzene rings is 2. The molecule has 2 N–H and O–H groups in total. The first-order valence-corrected chi connectivity index (χ1v) is 6.32. The number of ether oxygens (including phenoxy) is 1. The molecular weight excluding hydrogens is 259 g/mol. The molecule has 2 aromatic carbocycles. The maximum absolute atomic E-state index is 13.3. The summed E-state index contributed by atoms with van der Waals surface area (Å²) in [4.78, 5) is 0. The summed E-state index contributed by atoms with van der Waals surface area (Å²) in [5.74, 6) is -0.198. The van der Waals surface area contributed by atoms with Crippen LogP contribution in [0.1, 0.15) is 18.1 Å². The number of aliphatic hydroxyl groups excluding tert-OH is 1. The Morgan fingerprint density at radius 1 is 1.15 bits per heavy atom. The Labute approximate surface area is 117 Å². The van der Waals surface area contributed by atoms with Crippen LogP contribution in [-0.2, 0) is 12.2 Å². The molecule has 106 valence electrons. The molecule has 0 aliphatic rings. The molecule has 0 amide bonds. The predicted molar refractivity (Wildman–Crippen MR) is 73.8 cm³/mol. The van der Waals surface area contributed by atoms with Crippen molar-refractivity contribution in [3.05, 3.63) is 65.5 Å². The lowest BCUT2D eigenvalue weighted by molar-refractivity contribution is 0.00745. The van der Waals surface area contributed by atoms with Crippen molar-refractivity contribution in [2.45, 2.75) is 19.1 Å². The zero-order chi connectivity index (χ0) is 14.6. The summed E-state index contributed by atoms with van der Waals surface area (Å²) >= 11 is 0. The van der Waals surface area contributed by atoms with Crippen LogP contribution in [0.3, 0.4) is 0 Å². The van der Waals surface area contributed by atoms with E-state index in [2.05, 4.69) is 0 Å². The minimum atomic E-state index is -1.17. The topological polar surface area (TPSA) is 49.7 Å². The normalized spacial score (nSPS) is 13.8. The van der Waals surface area contributed by atoms with Crippen molar-refractivity contribution >= 4 is 0 Å². The Kier molecular flexibility index (Phi) is 4.37. The maximum atomic E-state index is 13.3. The van der Waals surface area contributed by atoms with E-state index in [4.69, 9.17) is 9.84 Å². The molecule has 0 saturated heterocycles. The fraction of sp³-hybridized carbons (Fsp3) is 0.250. The van der Waals surface area contributed by atoms with Crippen LogP contribution in [0.15, 0.2) is 48.5 Å². The molecule has 0 aliphatic heterocycles. The van der Waals surface area contributed by atoms with Crippen LogP contribution >= 0.6 is 0 Å². The molecule has 0 saturated carbocycles. The maximum Gasteiger partial charge on any atom is 0.127 e. The van der Waals surface area contributed by atoms with Gasteiger partial charge < -0.3 is 14.9 Å². The van der Waals surface area contributed by atoms with E-state index in [1.54, 1.807) is 25.1 Å². The first-order chi connectivity index (χ1) is 9.51. The predicted octanol–water partition coefficient (Wildman–Crippen LogP) is 2.60. The fourth-order valence-electron chi connectivity index (χ4n) is 1.90. The van der Waals surface area contributed by atoms with Gasteiger partial charge in [-0.2, -0.15) is 0 Å². The second-order valence-corrected chi connectivity index (χ2v) is 4.88. The summed E-state index contributed by atoms with van der Waals surface area (Å²) < 4.78 is 18.8. The smallest absolute Gasteiger partial charge is 0.127 e. The molecule has 0 bridgehead atoms. The molecule has 0 spiro atoms. The van der Waals surface area contributed by atoms with E-state index in [1.807, 2.05) is 18.2 Å². The Balaban J connectivity index is 2.10. The zero-order valence-electron chi connectivity index (χ0n) is 11.2. The van der Waals surface area contributed by atoms with Crippen LogP contribution in [0.2, 0.25) is 0 Å². The van der Waals surface area contributed by atoms with E-state index >= 15 is 0 Å². The largest absolute Gasteiger partial charge is 0.490 e. The second-order valence-electron chi connectivity index (χ2n) is 4.88. The molecular formula is C16H17FO3. The van der Waals surface area contributed by atoms with Gasteiger partial charge in [0.2, 0.25) is 0 Å². The molecule has 2 aromatic rings.